The Kier molecular flexibility index (Phi) is 6.34. The number of hydrogen-bond donors (Lipinski definition) is 1. The average Bonchev–Trinajstić information content (AvgIpc) is 2.80. The predicted molar refractivity (Wildman–Crippen MR) is 75.7 cm³/mol. The minimum absolute atomic E-state index is 0. The van der Waals surface area contributed by atoms with E-state index in [0.29, 0.717) is 31.3 Å². The third-order valence-electron chi connectivity index (χ3n) is 3.65. The second-order valence-corrected chi connectivity index (χ2v) is 6.99. The first-order valence-electron chi connectivity index (χ1n) is 6.56. The first-order valence-corrected chi connectivity index (χ1v) is 8.17. The van der Waals surface area contributed by atoms with Gasteiger partial charge in [-0.15, -0.1) is 12.4 Å². The van der Waals surface area contributed by atoms with Gasteiger partial charge in [0.05, 0.1) is 5.75 Å². The maximum absolute atomic E-state index is 12.0. The molecule has 2 heterocycles. The first-order chi connectivity index (χ1) is 8.13. The van der Waals surface area contributed by atoms with E-state index < -0.39 is 10.0 Å². The molecule has 0 aromatic carbocycles. The topological polar surface area (TPSA) is 52.7 Å². The largest absolute Gasteiger partial charge is 0.314 e. The van der Waals surface area contributed by atoms with Crippen molar-refractivity contribution in [2.45, 2.75) is 25.8 Å². The SMILES string of the molecule is CCCS(=O)(=O)N1CCC(N2CCNCC2)C1.Cl. The highest BCUT2D eigenvalue weighted by Crippen LogP contribution is 2.19. The summed E-state index contributed by atoms with van der Waals surface area (Å²) in [5.74, 6) is 0.293. The van der Waals surface area contributed by atoms with E-state index in [1.54, 1.807) is 4.31 Å². The molecule has 0 saturated carbocycles. The lowest BCUT2D eigenvalue weighted by molar-refractivity contribution is 0.179. The summed E-state index contributed by atoms with van der Waals surface area (Å²) in [5, 5.41) is 3.33. The van der Waals surface area contributed by atoms with Gasteiger partial charge in [-0.1, -0.05) is 6.92 Å². The normalized spacial score (nSPS) is 27.1. The van der Waals surface area contributed by atoms with E-state index in [4.69, 9.17) is 0 Å². The summed E-state index contributed by atoms with van der Waals surface area (Å²) in [6, 6.07) is 0.434. The Morgan fingerprint density at radius 3 is 2.50 bits per heavy atom. The van der Waals surface area contributed by atoms with Gasteiger partial charge in [0, 0.05) is 45.3 Å². The van der Waals surface area contributed by atoms with Gasteiger partial charge in [-0.3, -0.25) is 4.90 Å². The second-order valence-electron chi connectivity index (χ2n) is 4.90. The maximum atomic E-state index is 12.0. The Hall–Kier alpha value is 0.120. The van der Waals surface area contributed by atoms with Gasteiger partial charge in [0.15, 0.2) is 0 Å². The summed E-state index contributed by atoms with van der Waals surface area (Å²) < 4.78 is 25.6. The predicted octanol–water partition coefficient (Wildman–Crippen LogP) is 0.128. The molecule has 0 amide bonds. The highest BCUT2D eigenvalue weighted by Gasteiger charge is 2.33. The van der Waals surface area contributed by atoms with E-state index in [1.807, 2.05) is 6.92 Å². The van der Waals surface area contributed by atoms with Crippen molar-refractivity contribution in [1.29, 1.82) is 0 Å². The van der Waals surface area contributed by atoms with Crippen molar-refractivity contribution in [3.8, 4) is 0 Å². The quantitative estimate of drug-likeness (QED) is 0.801. The Morgan fingerprint density at radius 1 is 1.22 bits per heavy atom. The molecule has 0 aromatic rings. The molecule has 0 aromatic heterocycles. The van der Waals surface area contributed by atoms with Crippen LogP contribution in [0.3, 0.4) is 0 Å². The molecule has 18 heavy (non-hydrogen) atoms. The van der Waals surface area contributed by atoms with Crippen LogP contribution >= 0.6 is 12.4 Å². The number of nitrogens with one attached hydrogen (secondary N) is 1. The van der Waals surface area contributed by atoms with Gasteiger partial charge in [-0.25, -0.2) is 12.7 Å². The first kappa shape index (κ1) is 16.2. The summed E-state index contributed by atoms with van der Waals surface area (Å²) >= 11 is 0. The van der Waals surface area contributed by atoms with Crippen molar-refractivity contribution in [2.75, 3.05) is 45.0 Å². The fourth-order valence-corrected chi connectivity index (χ4v) is 4.25. The molecule has 0 bridgehead atoms. The van der Waals surface area contributed by atoms with Gasteiger partial charge in [0.1, 0.15) is 0 Å². The molecule has 108 valence electrons. The van der Waals surface area contributed by atoms with E-state index >= 15 is 0 Å². The maximum Gasteiger partial charge on any atom is 0.214 e. The van der Waals surface area contributed by atoms with Gasteiger partial charge < -0.3 is 5.32 Å². The Morgan fingerprint density at radius 2 is 1.89 bits per heavy atom. The van der Waals surface area contributed by atoms with Gasteiger partial charge in [-0.05, 0) is 12.8 Å². The molecule has 1 unspecified atom stereocenters. The molecule has 7 heteroatoms. The van der Waals surface area contributed by atoms with Crippen molar-refractivity contribution in [2.24, 2.45) is 0 Å². The van der Waals surface area contributed by atoms with E-state index in [9.17, 15) is 8.42 Å². The molecule has 1 N–H and O–H groups in total. The summed E-state index contributed by atoms with van der Waals surface area (Å²) in [7, 11) is -2.99. The lowest BCUT2D eigenvalue weighted by atomic mass is 10.2. The van der Waals surface area contributed by atoms with Crippen molar-refractivity contribution in [3.05, 3.63) is 0 Å². The van der Waals surface area contributed by atoms with Crippen LogP contribution in [0.1, 0.15) is 19.8 Å². The van der Waals surface area contributed by atoms with Gasteiger partial charge in [-0.2, -0.15) is 0 Å². The molecular formula is C11H24ClN3O2S. The zero-order valence-electron chi connectivity index (χ0n) is 11.0. The molecular weight excluding hydrogens is 274 g/mol. The fourth-order valence-electron chi connectivity index (χ4n) is 2.70. The molecule has 1 atom stereocenters. The molecule has 2 rings (SSSR count). The van der Waals surface area contributed by atoms with Gasteiger partial charge in [0.2, 0.25) is 10.0 Å². The smallest absolute Gasteiger partial charge is 0.214 e. The van der Waals surface area contributed by atoms with Crippen LogP contribution in [-0.2, 0) is 10.0 Å². The third kappa shape index (κ3) is 3.81. The molecule has 0 aliphatic carbocycles. The third-order valence-corrected chi connectivity index (χ3v) is 5.69. The molecule has 5 nitrogen and oxygen atoms in total. The van der Waals surface area contributed by atoms with Crippen molar-refractivity contribution in [3.63, 3.8) is 0 Å². The van der Waals surface area contributed by atoms with Crippen LogP contribution < -0.4 is 5.32 Å². The minimum atomic E-state index is -2.99. The Bertz CT molecular complexity index is 344. The lowest BCUT2D eigenvalue weighted by Crippen LogP contribution is -2.49. The van der Waals surface area contributed by atoms with Crippen molar-refractivity contribution >= 4 is 22.4 Å². The van der Waals surface area contributed by atoms with Crippen LogP contribution in [0.2, 0.25) is 0 Å². The Balaban J connectivity index is 0.00000162. The minimum Gasteiger partial charge on any atom is -0.314 e. The lowest BCUT2D eigenvalue weighted by Gasteiger charge is -2.32. The molecule has 2 aliphatic rings. The van der Waals surface area contributed by atoms with Gasteiger partial charge >= 0.3 is 0 Å². The van der Waals surface area contributed by atoms with E-state index in [1.165, 1.54) is 0 Å². The zero-order chi connectivity index (χ0) is 12.3. The number of piperazine rings is 1. The summed E-state index contributed by atoms with van der Waals surface area (Å²) in [5.41, 5.74) is 0. The van der Waals surface area contributed by atoms with Crippen LogP contribution in [0, 0.1) is 0 Å². The highest BCUT2D eigenvalue weighted by atomic mass is 35.5. The second kappa shape index (κ2) is 7.05. The molecule has 0 spiro atoms. The number of halogens is 1. The standard InChI is InChI=1S/C11H23N3O2S.ClH/c1-2-9-17(15,16)14-6-3-11(10-14)13-7-4-12-5-8-13;/h11-12H,2-10H2,1H3;1H. The van der Waals surface area contributed by atoms with Crippen LogP contribution in [0.15, 0.2) is 0 Å². The number of sulfonamides is 1. The molecule has 2 aliphatic heterocycles. The fraction of sp³-hybridized carbons (Fsp3) is 1.00. The Labute approximate surface area is 116 Å². The van der Waals surface area contributed by atoms with Crippen molar-refractivity contribution in [1.82, 2.24) is 14.5 Å². The highest BCUT2D eigenvalue weighted by molar-refractivity contribution is 7.89. The average molecular weight is 298 g/mol. The molecule has 0 radical (unpaired) electrons. The van der Waals surface area contributed by atoms with Crippen molar-refractivity contribution < 1.29 is 8.42 Å². The molecule has 2 fully saturated rings. The van der Waals surface area contributed by atoms with E-state index in [-0.39, 0.29) is 12.4 Å². The zero-order valence-corrected chi connectivity index (χ0v) is 12.6. The van der Waals surface area contributed by atoms with Crippen LogP contribution in [-0.4, -0.2) is 68.7 Å². The van der Waals surface area contributed by atoms with E-state index in [0.717, 1.165) is 32.6 Å². The van der Waals surface area contributed by atoms with Crippen LogP contribution in [0.4, 0.5) is 0 Å². The molecule has 2 saturated heterocycles. The monoisotopic (exact) mass is 297 g/mol. The summed E-state index contributed by atoms with van der Waals surface area (Å²) in [4.78, 5) is 2.43. The summed E-state index contributed by atoms with van der Waals surface area (Å²) in [6.07, 6.45) is 1.69. The van der Waals surface area contributed by atoms with Crippen LogP contribution in [0.25, 0.3) is 0 Å². The number of nitrogens with zero attached hydrogens (tertiary/aromatic N) is 2. The van der Waals surface area contributed by atoms with Crippen LogP contribution in [0.5, 0.6) is 0 Å². The number of hydrogen-bond acceptors (Lipinski definition) is 4. The number of rotatable bonds is 4. The van der Waals surface area contributed by atoms with Gasteiger partial charge in [0.25, 0.3) is 0 Å². The summed E-state index contributed by atoms with van der Waals surface area (Å²) in [6.45, 7) is 7.47. The van der Waals surface area contributed by atoms with E-state index in [2.05, 4.69) is 10.2 Å².